The number of phenols is 1. The molecule has 0 saturated carbocycles. The van der Waals surface area contributed by atoms with Gasteiger partial charge in [0.05, 0.1) is 12.1 Å². The smallest absolute Gasteiger partial charge is 0.408 e. The Labute approximate surface area is 111 Å². The lowest BCUT2D eigenvalue weighted by molar-refractivity contribution is 0.0535. The molecule has 0 aliphatic heterocycles. The van der Waals surface area contributed by atoms with E-state index in [2.05, 4.69) is 17.2 Å². The van der Waals surface area contributed by atoms with Gasteiger partial charge in [0.15, 0.2) is 11.6 Å². The zero-order chi connectivity index (χ0) is 14.5. The minimum Gasteiger partial charge on any atom is -0.505 e. The van der Waals surface area contributed by atoms with Crippen molar-refractivity contribution in [3.05, 3.63) is 29.6 Å². The van der Waals surface area contributed by atoms with Crippen molar-refractivity contribution >= 4 is 6.09 Å². The molecule has 0 aliphatic rings. The largest absolute Gasteiger partial charge is 0.505 e. The molecule has 0 bridgehead atoms. The molecular weight excluding hydrogens is 249 g/mol. The molecule has 0 fully saturated rings. The first kappa shape index (κ1) is 14.8. The lowest BCUT2D eigenvalue weighted by Crippen LogP contribution is -2.32. The topological polar surface area (TPSA) is 58.6 Å². The van der Waals surface area contributed by atoms with Crippen LogP contribution < -0.4 is 5.32 Å². The quantitative estimate of drug-likeness (QED) is 0.767. The summed E-state index contributed by atoms with van der Waals surface area (Å²) in [7, 11) is 0. The number of aromatic hydroxyl groups is 1. The molecule has 0 atom stereocenters. The summed E-state index contributed by atoms with van der Waals surface area (Å²) in [5.74, 6) is 3.87. The normalized spacial score (nSPS) is 10.3. The zero-order valence-electron chi connectivity index (χ0n) is 11.1. The summed E-state index contributed by atoms with van der Waals surface area (Å²) in [4.78, 5) is 11.3. The van der Waals surface area contributed by atoms with Crippen LogP contribution in [0, 0.1) is 17.7 Å². The van der Waals surface area contributed by atoms with E-state index in [-0.39, 0.29) is 12.1 Å². The number of hydrogen-bond acceptors (Lipinski definition) is 3. The Morgan fingerprint density at radius 1 is 1.47 bits per heavy atom. The molecule has 1 aromatic carbocycles. The molecule has 0 aliphatic carbocycles. The number of hydrogen-bond donors (Lipinski definition) is 2. The van der Waals surface area contributed by atoms with Gasteiger partial charge < -0.3 is 15.2 Å². The third-order valence-corrected chi connectivity index (χ3v) is 1.92. The van der Waals surface area contributed by atoms with Crippen LogP contribution in [0.2, 0.25) is 0 Å². The Bertz CT molecular complexity index is 524. The molecule has 0 aromatic heterocycles. The number of amides is 1. The van der Waals surface area contributed by atoms with E-state index in [1.165, 1.54) is 18.2 Å². The Hall–Kier alpha value is -2.22. The Kier molecular flexibility index (Phi) is 4.76. The van der Waals surface area contributed by atoms with Crippen molar-refractivity contribution in [3.63, 3.8) is 0 Å². The highest BCUT2D eigenvalue weighted by Crippen LogP contribution is 2.17. The SMILES string of the molecule is CC(C)(C)OC(=O)NCC#Cc1cccc(O)c1F. The van der Waals surface area contributed by atoms with Crippen LogP contribution in [-0.2, 0) is 4.74 Å². The van der Waals surface area contributed by atoms with Gasteiger partial charge in [0.25, 0.3) is 0 Å². The van der Waals surface area contributed by atoms with Gasteiger partial charge in [-0.3, -0.25) is 0 Å². The van der Waals surface area contributed by atoms with Crippen LogP contribution in [0.5, 0.6) is 5.75 Å². The first-order chi connectivity index (χ1) is 8.79. The van der Waals surface area contributed by atoms with Gasteiger partial charge in [-0.05, 0) is 32.9 Å². The zero-order valence-corrected chi connectivity index (χ0v) is 11.1. The van der Waals surface area contributed by atoms with Crippen LogP contribution in [0.1, 0.15) is 26.3 Å². The second kappa shape index (κ2) is 6.10. The first-order valence-corrected chi connectivity index (χ1v) is 5.73. The Balaban J connectivity index is 2.53. The van der Waals surface area contributed by atoms with E-state index in [4.69, 9.17) is 9.84 Å². The maximum atomic E-state index is 13.3. The number of carbonyl (C=O) groups is 1. The fourth-order valence-corrected chi connectivity index (χ4v) is 1.19. The van der Waals surface area contributed by atoms with Crippen LogP contribution in [0.25, 0.3) is 0 Å². The minimum atomic E-state index is -0.771. The van der Waals surface area contributed by atoms with Crippen LogP contribution >= 0.6 is 0 Å². The molecule has 0 radical (unpaired) electrons. The maximum absolute atomic E-state index is 13.3. The summed E-state index contributed by atoms with van der Waals surface area (Å²) in [6.45, 7) is 5.28. The predicted molar refractivity (Wildman–Crippen MR) is 69.2 cm³/mol. The summed E-state index contributed by atoms with van der Waals surface area (Å²) in [6.07, 6.45) is -0.585. The summed E-state index contributed by atoms with van der Waals surface area (Å²) in [6, 6.07) is 4.17. The van der Waals surface area contributed by atoms with E-state index in [0.717, 1.165) is 0 Å². The number of phenolic OH excluding ortho intramolecular Hbond substituents is 1. The Morgan fingerprint density at radius 2 is 2.16 bits per heavy atom. The van der Waals surface area contributed by atoms with Crippen LogP contribution in [0.3, 0.4) is 0 Å². The predicted octanol–water partition coefficient (Wildman–Crippen LogP) is 2.41. The van der Waals surface area contributed by atoms with Gasteiger partial charge in [-0.1, -0.05) is 17.9 Å². The number of rotatable bonds is 1. The standard InChI is InChI=1S/C14H16FNO3/c1-14(2,3)19-13(18)16-9-5-7-10-6-4-8-11(17)12(10)15/h4,6,8,17H,9H2,1-3H3,(H,16,18). The molecule has 5 heteroatoms. The van der Waals surface area contributed by atoms with Crippen molar-refractivity contribution in [1.82, 2.24) is 5.32 Å². The number of alkyl carbamates (subject to hydrolysis) is 1. The molecule has 1 amide bonds. The minimum absolute atomic E-state index is 0.0318. The fourth-order valence-electron chi connectivity index (χ4n) is 1.19. The van der Waals surface area contributed by atoms with Crippen LogP contribution in [-0.4, -0.2) is 23.3 Å². The van der Waals surface area contributed by atoms with Crippen molar-refractivity contribution in [3.8, 4) is 17.6 Å². The highest BCUT2D eigenvalue weighted by Gasteiger charge is 2.15. The summed E-state index contributed by atoms with van der Waals surface area (Å²) in [5.41, 5.74) is -0.500. The molecule has 1 aromatic rings. The molecule has 0 unspecified atom stereocenters. The van der Waals surface area contributed by atoms with E-state index in [0.29, 0.717) is 0 Å². The van der Waals surface area contributed by atoms with Crippen LogP contribution in [0.15, 0.2) is 18.2 Å². The highest BCUT2D eigenvalue weighted by molar-refractivity contribution is 5.68. The molecular formula is C14H16FNO3. The van der Waals surface area contributed by atoms with Crippen LogP contribution in [0.4, 0.5) is 9.18 Å². The fraction of sp³-hybridized carbons (Fsp3) is 0.357. The van der Waals surface area contributed by atoms with Crippen molar-refractivity contribution in [1.29, 1.82) is 0 Å². The first-order valence-electron chi connectivity index (χ1n) is 5.73. The molecule has 4 nitrogen and oxygen atoms in total. The monoisotopic (exact) mass is 265 g/mol. The van der Waals surface area contributed by atoms with Crippen molar-refractivity contribution in [2.24, 2.45) is 0 Å². The molecule has 2 N–H and O–H groups in total. The van der Waals surface area contributed by atoms with Gasteiger partial charge in [-0.15, -0.1) is 0 Å². The molecule has 1 rings (SSSR count). The van der Waals surface area contributed by atoms with E-state index in [1.54, 1.807) is 20.8 Å². The van der Waals surface area contributed by atoms with Gasteiger partial charge in [0, 0.05) is 0 Å². The van der Waals surface area contributed by atoms with Crippen molar-refractivity contribution in [2.75, 3.05) is 6.54 Å². The lowest BCUT2D eigenvalue weighted by atomic mass is 10.2. The Morgan fingerprint density at radius 3 is 2.79 bits per heavy atom. The average Bonchev–Trinajstić information content (AvgIpc) is 2.27. The average molecular weight is 265 g/mol. The third kappa shape index (κ3) is 5.30. The number of halogens is 1. The maximum Gasteiger partial charge on any atom is 0.408 e. The third-order valence-electron chi connectivity index (χ3n) is 1.92. The van der Waals surface area contributed by atoms with Gasteiger partial charge in [-0.2, -0.15) is 0 Å². The summed E-state index contributed by atoms with van der Waals surface area (Å²) in [5, 5.41) is 11.6. The molecule has 19 heavy (non-hydrogen) atoms. The van der Waals surface area contributed by atoms with E-state index in [9.17, 15) is 9.18 Å². The highest BCUT2D eigenvalue weighted by atomic mass is 19.1. The van der Waals surface area contributed by atoms with Gasteiger partial charge in [0.2, 0.25) is 0 Å². The number of ether oxygens (including phenoxy) is 1. The molecule has 0 heterocycles. The number of benzene rings is 1. The van der Waals surface area contributed by atoms with E-state index >= 15 is 0 Å². The van der Waals surface area contributed by atoms with Crippen molar-refractivity contribution in [2.45, 2.75) is 26.4 Å². The summed E-state index contributed by atoms with van der Waals surface area (Å²) >= 11 is 0. The van der Waals surface area contributed by atoms with Gasteiger partial charge in [0.1, 0.15) is 5.60 Å². The number of carbonyl (C=O) groups excluding carboxylic acids is 1. The lowest BCUT2D eigenvalue weighted by Gasteiger charge is -2.18. The van der Waals surface area contributed by atoms with Gasteiger partial charge in [-0.25, -0.2) is 9.18 Å². The van der Waals surface area contributed by atoms with Gasteiger partial charge >= 0.3 is 6.09 Å². The second-order valence-electron chi connectivity index (χ2n) is 4.80. The molecule has 0 spiro atoms. The van der Waals surface area contributed by atoms with E-state index in [1.807, 2.05) is 0 Å². The molecule has 102 valence electrons. The summed E-state index contributed by atoms with van der Waals surface area (Å²) < 4.78 is 18.3. The number of nitrogens with one attached hydrogen (secondary N) is 1. The van der Waals surface area contributed by atoms with Crippen molar-refractivity contribution < 1.29 is 19.0 Å². The molecule has 0 saturated heterocycles. The second-order valence-corrected chi connectivity index (χ2v) is 4.80. The van der Waals surface area contributed by atoms with E-state index < -0.39 is 23.3 Å².